The topological polar surface area (TPSA) is 97.5 Å². The number of hydrogen-bond acceptors (Lipinski definition) is 3. The average Bonchev–Trinajstić information content (AvgIpc) is 2.01. The van der Waals surface area contributed by atoms with Crippen LogP contribution in [0.25, 0.3) is 0 Å². The summed E-state index contributed by atoms with van der Waals surface area (Å²) in [5.41, 5.74) is 0.0277. The number of aryl methyl sites for hydroxylation is 1. The van der Waals surface area contributed by atoms with Crippen LogP contribution in [0.1, 0.15) is 15.9 Å². The smallest absolute Gasteiger partial charge is 0.337 e. The summed E-state index contributed by atoms with van der Waals surface area (Å²) in [5.74, 6) is -1.31. The molecule has 6 heteroatoms. The number of primary sulfonamides is 1. The number of hydrogen-bond donors (Lipinski definition) is 2. The molecule has 0 atom stereocenters. The van der Waals surface area contributed by atoms with Crippen LogP contribution < -0.4 is 5.14 Å². The SMILES string of the molecule is Cc1cccc(C(=O)O)c1S(N)(=O)=O. The first-order chi connectivity index (χ1) is 6.34. The normalized spacial score (nSPS) is 11.3. The van der Waals surface area contributed by atoms with Gasteiger partial charge in [0.25, 0.3) is 0 Å². The maximum absolute atomic E-state index is 11.1. The molecule has 0 radical (unpaired) electrons. The number of carbonyl (C=O) groups is 1. The van der Waals surface area contributed by atoms with Crippen molar-refractivity contribution in [1.29, 1.82) is 0 Å². The number of carboxylic acids is 1. The second kappa shape index (κ2) is 3.39. The summed E-state index contributed by atoms with van der Waals surface area (Å²) in [4.78, 5) is 10.4. The van der Waals surface area contributed by atoms with Gasteiger partial charge in [0.05, 0.1) is 10.5 Å². The van der Waals surface area contributed by atoms with Crippen LogP contribution in [0.5, 0.6) is 0 Å². The minimum absolute atomic E-state index is 0.299. The van der Waals surface area contributed by atoms with E-state index in [-0.39, 0.29) is 10.5 Å². The molecule has 0 aliphatic carbocycles. The van der Waals surface area contributed by atoms with Crippen molar-refractivity contribution in [3.05, 3.63) is 29.3 Å². The van der Waals surface area contributed by atoms with Crippen molar-refractivity contribution in [3.8, 4) is 0 Å². The van der Waals surface area contributed by atoms with E-state index in [0.717, 1.165) is 0 Å². The Kier molecular flexibility index (Phi) is 2.59. The van der Waals surface area contributed by atoms with Crippen molar-refractivity contribution in [2.45, 2.75) is 11.8 Å². The van der Waals surface area contributed by atoms with Crippen molar-refractivity contribution in [3.63, 3.8) is 0 Å². The van der Waals surface area contributed by atoms with E-state index in [0.29, 0.717) is 5.56 Å². The standard InChI is InChI=1S/C8H9NO4S/c1-5-3-2-4-6(8(10)11)7(5)14(9,12)13/h2-4H,1H3,(H,10,11)(H2,9,12,13). The number of carboxylic acid groups (broad SMARTS) is 1. The van der Waals surface area contributed by atoms with Gasteiger partial charge in [0.15, 0.2) is 0 Å². The Bertz CT molecular complexity index is 478. The highest BCUT2D eigenvalue weighted by Gasteiger charge is 2.20. The Labute approximate surface area is 81.2 Å². The molecule has 1 aromatic carbocycles. The molecule has 3 N–H and O–H groups in total. The minimum Gasteiger partial charge on any atom is -0.478 e. The first-order valence-corrected chi connectivity index (χ1v) is 5.24. The maximum Gasteiger partial charge on any atom is 0.337 e. The lowest BCUT2D eigenvalue weighted by Crippen LogP contribution is -2.18. The van der Waals surface area contributed by atoms with E-state index >= 15 is 0 Å². The van der Waals surface area contributed by atoms with Gasteiger partial charge in [-0.3, -0.25) is 0 Å². The molecule has 0 aliphatic heterocycles. The molecule has 0 fully saturated rings. The van der Waals surface area contributed by atoms with E-state index in [1.54, 1.807) is 0 Å². The predicted octanol–water partition coefficient (Wildman–Crippen LogP) is 0.341. The summed E-state index contributed by atoms with van der Waals surface area (Å²) in [6, 6.07) is 4.16. The molecule has 0 heterocycles. The van der Waals surface area contributed by atoms with Crippen molar-refractivity contribution in [2.75, 3.05) is 0 Å². The summed E-state index contributed by atoms with van der Waals surface area (Å²) < 4.78 is 22.2. The minimum atomic E-state index is -3.99. The van der Waals surface area contributed by atoms with E-state index in [4.69, 9.17) is 10.2 Å². The van der Waals surface area contributed by atoms with E-state index in [9.17, 15) is 13.2 Å². The van der Waals surface area contributed by atoms with E-state index in [2.05, 4.69) is 0 Å². The van der Waals surface area contributed by atoms with Crippen LogP contribution in [0, 0.1) is 6.92 Å². The summed E-state index contributed by atoms with van der Waals surface area (Å²) in [6.45, 7) is 1.49. The first-order valence-electron chi connectivity index (χ1n) is 3.69. The Morgan fingerprint density at radius 2 is 2.00 bits per heavy atom. The van der Waals surface area contributed by atoms with Crippen LogP contribution in [0.2, 0.25) is 0 Å². The number of aromatic carboxylic acids is 1. The van der Waals surface area contributed by atoms with E-state index in [1.807, 2.05) is 0 Å². The highest BCUT2D eigenvalue weighted by molar-refractivity contribution is 7.89. The average molecular weight is 215 g/mol. The van der Waals surface area contributed by atoms with Crippen molar-refractivity contribution >= 4 is 16.0 Å². The van der Waals surface area contributed by atoms with Gasteiger partial charge in [-0.2, -0.15) is 0 Å². The predicted molar refractivity (Wildman–Crippen MR) is 49.5 cm³/mol. The molecule has 76 valence electrons. The zero-order chi connectivity index (χ0) is 10.9. The monoisotopic (exact) mass is 215 g/mol. The van der Waals surface area contributed by atoms with Gasteiger partial charge >= 0.3 is 5.97 Å². The van der Waals surface area contributed by atoms with Gasteiger partial charge in [-0.05, 0) is 18.6 Å². The molecular formula is C8H9NO4S. The molecule has 0 bridgehead atoms. The molecule has 0 saturated carbocycles. The Morgan fingerprint density at radius 1 is 1.43 bits per heavy atom. The van der Waals surface area contributed by atoms with Crippen LogP contribution in [0.15, 0.2) is 23.1 Å². The molecule has 0 unspecified atom stereocenters. The Balaban J connectivity index is 3.62. The van der Waals surface area contributed by atoms with Crippen molar-refractivity contribution in [1.82, 2.24) is 0 Å². The fourth-order valence-electron chi connectivity index (χ4n) is 1.20. The quantitative estimate of drug-likeness (QED) is 0.743. The van der Waals surface area contributed by atoms with Crippen molar-refractivity contribution < 1.29 is 18.3 Å². The third-order valence-corrected chi connectivity index (χ3v) is 2.84. The molecule has 1 rings (SSSR count). The second-order valence-corrected chi connectivity index (χ2v) is 4.30. The molecule has 0 saturated heterocycles. The summed E-state index contributed by atoms with van der Waals surface area (Å²) >= 11 is 0. The lowest BCUT2D eigenvalue weighted by atomic mass is 10.1. The van der Waals surface area contributed by atoms with Gasteiger partial charge < -0.3 is 5.11 Å². The summed E-state index contributed by atoms with van der Waals surface area (Å²) in [7, 11) is -3.99. The lowest BCUT2D eigenvalue weighted by molar-refractivity contribution is 0.0692. The third kappa shape index (κ3) is 1.91. The van der Waals surface area contributed by atoms with Gasteiger partial charge in [-0.15, -0.1) is 0 Å². The van der Waals surface area contributed by atoms with Gasteiger partial charge in [-0.25, -0.2) is 18.4 Å². The Morgan fingerprint density at radius 3 is 2.36 bits per heavy atom. The third-order valence-electron chi connectivity index (χ3n) is 1.73. The van der Waals surface area contributed by atoms with Crippen LogP contribution >= 0.6 is 0 Å². The number of sulfonamides is 1. The largest absolute Gasteiger partial charge is 0.478 e. The molecule has 1 aromatic rings. The summed E-state index contributed by atoms with van der Waals surface area (Å²) in [6.07, 6.45) is 0. The van der Waals surface area contributed by atoms with Gasteiger partial charge in [0, 0.05) is 0 Å². The molecular weight excluding hydrogens is 206 g/mol. The zero-order valence-electron chi connectivity index (χ0n) is 7.39. The van der Waals surface area contributed by atoms with Crippen molar-refractivity contribution in [2.24, 2.45) is 5.14 Å². The first kappa shape index (κ1) is 10.7. The van der Waals surface area contributed by atoms with E-state index in [1.165, 1.54) is 25.1 Å². The second-order valence-electron chi connectivity index (χ2n) is 2.80. The summed E-state index contributed by atoms with van der Waals surface area (Å²) in [5, 5.41) is 13.6. The fourth-order valence-corrected chi connectivity index (χ4v) is 2.18. The van der Waals surface area contributed by atoms with Gasteiger partial charge in [0.2, 0.25) is 10.0 Å². The number of benzene rings is 1. The van der Waals surface area contributed by atoms with Crippen LogP contribution in [0.3, 0.4) is 0 Å². The van der Waals surface area contributed by atoms with Gasteiger partial charge in [0.1, 0.15) is 0 Å². The molecule has 0 amide bonds. The Hall–Kier alpha value is -1.40. The number of rotatable bonds is 2. The molecule has 0 aliphatic rings. The molecule has 0 aromatic heterocycles. The van der Waals surface area contributed by atoms with Crippen LogP contribution in [-0.2, 0) is 10.0 Å². The molecule has 0 spiro atoms. The highest BCUT2D eigenvalue weighted by Crippen LogP contribution is 2.18. The molecule has 14 heavy (non-hydrogen) atoms. The highest BCUT2D eigenvalue weighted by atomic mass is 32.2. The van der Waals surface area contributed by atoms with Crippen LogP contribution in [-0.4, -0.2) is 19.5 Å². The fraction of sp³-hybridized carbons (Fsp3) is 0.125. The van der Waals surface area contributed by atoms with Gasteiger partial charge in [-0.1, -0.05) is 12.1 Å². The van der Waals surface area contributed by atoms with E-state index < -0.39 is 16.0 Å². The van der Waals surface area contributed by atoms with Crippen LogP contribution in [0.4, 0.5) is 0 Å². The maximum atomic E-state index is 11.1. The molecule has 5 nitrogen and oxygen atoms in total. The zero-order valence-corrected chi connectivity index (χ0v) is 8.21. The lowest BCUT2D eigenvalue weighted by Gasteiger charge is -2.06. The number of nitrogens with two attached hydrogens (primary N) is 1.